The average Bonchev–Trinajstić information content (AvgIpc) is 2.70. The molecule has 1 aromatic heterocycles. The third-order valence-corrected chi connectivity index (χ3v) is 4.17. The standard InChI is InChI=1S/C19H26N6O3/c1-4-27-19(26)25-11-9-24(10-12-25)17-13-20-23-18(22-17)21-15-7-5-6-8-16(15)28-14(2)3/h5-8,13-14H,4,9-12H2,1-3H3,(H,21,22,23). The highest BCUT2D eigenvalue weighted by Crippen LogP contribution is 2.27. The molecule has 1 N–H and O–H groups in total. The number of para-hydroxylation sites is 2. The Balaban J connectivity index is 1.66. The van der Waals surface area contributed by atoms with Crippen molar-refractivity contribution in [3.63, 3.8) is 0 Å². The number of aromatic nitrogens is 3. The molecule has 150 valence electrons. The molecule has 1 amide bonds. The summed E-state index contributed by atoms with van der Waals surface area (Å²) in [6, 6.07) is 7.64. The van der Waals surface area contributed by atoms with Crippen LogP contribution in [-0.2, 0) is 4.74 Å². The van der Waals surface area contributed by atoms with Gasteiger partial charge in [-0.05, 0) is 32.9 Å². The van der Waals surface area contributed by atoms with Crippen LogP contribution >= 0.6 is 0 Å². The fraction of sp³-hybridized carbons (Fsp3) is 0.474. The quantitative estimate of drug-likeness (QED) is 0.810. The van der Waals surface area contributed by atoms with Crippen molar-refractivity contribution in [3.05, 3.63) is 30.5 Å². The Morgan fingerprint density at radius 1 is 1.21 bits per heavy atom. The summed E-state index contributed by atoms with van der Waals surface area (Å²) >= 11 is 0. The molecule has 2 heterocycles. The van der Waals surface area contributed by atoms with Gasteiger partial charge in [0, 0.05) is 26.2 Å². The Kier molecular flexibility index (Phi) is 6.46. The van der Waals surface area contributed by atoms with Gasteiger partial charge < -0.3 is 24.6 Å². The maximum absolute atomic E-state index is 11.8. The van der Waals surface area contributed by atoms with Crippen molar-refractivity contribution in [3.8, 4) is 5.75 Å². The zero-order valence-electron chi connectivity index (χ0n) is 16.5. The Bertz CT molecular complexity index is 793. The fourth-order valence-electron chi connectivity index (χ4n) is 2.88. The van der Waals surface area contributed by atoms with E-state index in [1.54, 1.807) is 18.0 Å². The van der Waals surface area contributed by atoms with Gasteiger partial charge in [0.05, 0.1) is 24.6 Å². The third kappa shape index (κ3) is 4.99. The number of ether oxygens (including phenoxy) is 2. The van der Waals surface area contributed by atoms with Crippen LogP contribution < -0.4 is 15.0 Å². The summed E-state index contributed by atoms with van der Waals surface area (Å²) < 4.78 is 10.9. The molecule has 0 aliphatic carbocycles. The summed E-state index contributed by atoms with van der Waals surface area (Å²) in [5.41, 5.74) is 0.780. The SMILES string of the molecule is CCOC(=O)N1CCN(c2cnnc(Nc3ccccc3OC(C)C)n2)CC1. The number of benzene rings is 1. The number of carbonyl (C=O) groups excluding carboxylic acids is 1. The summed E-state index contributed by atoms with van der Waals surface area (Å²) in [5.74, 6) is 1.84. The van der Waals surface area contributed by atoms with Gasteiger partial charge in [0.1, 0.15) is 5.75 Å². The number of hydrogen-bond acceptors (Lipinski definition) is 8. The van der Waals surface area contributed by atoms with Crippen molar-refractivity contribution in [2.75, 3.05) is 43.0 Å². The largest absolute Gasteiger partial charge is 0.489 e. The first-order valence-electron chi connectivity index (χ1n) is 9.46. The molecule has 9 heteroatoms. The van der Waals surface area contributed by atoms with Gasteiger partial charge in [0.15, 0.2) is 5.82 Å². The van der Waals surface area contributed by atoms with Crippen molar-refractivity contribution in [1.29, 1.82) is 0 Å². The number of anilines is 3. The molecule has 0 bridgehead atoms. The van der Waals surface area contributed by atoms with Crippen LogP contribution in [-0.4, -0.2) is 65.1 Å². The lowest BCUT2D eigenvalue weighted by atomic mass is 10.3. The average molecular weight is 386 g/mol. The van der Waals surface area contributed by atoms with E-state index in [0.717, 1.165) is 11.4 Å². The summed E-state index contributed by atoms with van der Waals surface area (Å²) in [7, 11) is 0. The van der Waals surface area contributed by atoms with Crippen LogP contribution in [0.25, 0.3) is 0 Å². The normalized spacial score (nSPS) is 14.1. The molecular formula is C19H26N6O3. The number of carbonyl (C=O) groups is 1. The topological polar surface area (TPSA) is 92.7 Å². The second kappa shape index (κ2) is 9.20. The van der Waals surface area contributed by atoms with Crippen LogP contribution in [0.3, 0.4) is 0 Å². The molecule has 3 rings (SSSR count). The second-order valence-electron chi connectivity index (χ2n) is 6.60. The van der Waals surface area contributed by atoms with Crippen molar-refractivity contribution in [2.24, 2.45) is 0 Å². The number of rotatable bonds is 6. The Morgan fingerprint density at radius 3 is 2.68 bits per heavy atom. The van der Waals surface area contributed by atoms with Crippen LogP contribution in [0.5, 0.6) is 5.75 Å². The van der Waals surface area contributed by atoms with Gasteiger partial charge in [0.25, 0.3) is 0 Å². The first-order chi connectivity index (χ1) is 13.6. The molecule has 0 unspecified atom stereocenters. The molecule has 1 aromatic carbocycles. The molecule has 0 spiro atoms. The van der Waals surface area contributed by atoms with Gasteiger partial charge in [-0.3, -0.25) is 0 Å². The van der Waals surface area contributed by atoms with E-state index >= 15 is 0 Å². The first-order valence-corrected chi connectivity index (χ1v) is 9.46. The maximum atomic E-state index is 11.8. The Morgan fingerprint density at radius 2 is 1.96 bits per heavy atom. The van der Waals surface area contributed by atoms with E-state index in [1.165, 1.54) is 0 Å². The smallest absolute Gasteiger partial charge is 0.409 e. The molecule has 1 aliphatic heterocycles. The van der Waals surface area contributed by atoms with Crippen LogP contribution in [0.4, 0.5) is 22.2 Å². The van der Waals surface area contributed by atoms with E-state index in [-0.39, 0.29) is 12.2 Å². The number of hydrogen-bond donors (Lipinski definition) is 1. The molecule has 9 nitrogen and oxygen atoms in total. The van der Waals surface area contributed by atoms with E-state index in [1.807, 2.05) is 38.1 Å². The van der Waals surface area contributed by atoms with Crippen LogP contribution in [0, 0.1) is 0 Å². The number of nitrogens with zero attached hydrogens (tertiary/aromatic N) is 5. The molecule has 0 radical (unpaired) electrons. The van der Waals surface area contributed by atoms with E-state index in [4.69, 9.17) is 9.47 Å². The minimum Gasteiger partial charge on any atom is -0.489 e. The second-order valence-corrected chi connectivity index (χ2v) is 6.60. The van der Waals surface area contributed by atoms with E-state index in [0.29, 0.717) is 44.6 Å². The van der Waals surface area contributed by atoms with Gasteiger partial charge in [-0.15, -0.1) is 5.10 Å². The third-order valence-electron chi connectivity index (χ3n) is 4.17. The monoisotopic (exact) mass is 386 g/mol. The van der Waals surface area contributed by atoms with Crippen molar-refractivity contribution in [1.82, 2.24) is 20.1 Å². The minimum atomic E-state index is -0.271. The molecule has 0 saturated carbocycles. The van der Waals surface area contributed by atoms with Gasteiger partial charge in [-0.2, -0.15) is 10.1 Å². The highest BCUT2D eigenvalue weighted by Gasteiger charge is 2.23. The lowest BCUT2D eigenvalue weighted by molar-refractivity contribution is 0.105. The van der Waals surface area contributed by atoms with Gasteiger partial charge in [-0.1, -0.05) is 12.1 Å². The highest BCUT2D eigenvalue weighted by atomic mass is 16.6. The Labute approximate surface area is 164 Å². The van der Waals surface area contributed by atoms with Crippen molar-refractivity contribution in [2.45, 2.75) is 26.9 Å². The molecule has 1 aliphatic rings. The minimum absolute atomic E-state index is 0.0593. The molecule has 1 saturated heterocycles. The maximum Gasteiger partial charge on any atom is 0.409 e. The zero-order chi connectivity index (χ0) is 19.9. The summed E-state index contributed by atoms with van der Waals surface area (Å²) in [4.78, 5) is 20.2. The summed E-state index contributed by atoms with van der Waals surface area (Å²) in [5, 5.41) is 11.3. The Hall–Kier alpha value is -3.10. The molecule has 2 aromatic rings. The van der Waals surface area contributed by atoms with E-state index in [2.05, 4.69) is 25.4 Å². The summed E-state index contributed by atoms with van der Waals surface area (Å²) in [6.07, 6.45) is 1.41. The lowest BCUT2D eigenvalue weighted by Crippen LogP contribution is -2.49. The number of piperazine rings is 1. The van der Waals surface area contributed by atoms with Gasteiger partial charge in [0.2, 0.25) is 5.95 Å². The fourth-order valence-corrected chi connectivity index (χ4v) is 2.88. The van der Waals surface area contributed by atoms with E-state index < -0.39 is 0 Å². The van der Waals surface area contributed by atoms with E-state index in [9.17, 15) is 4.79 Å². The number of amides is 1. The van der Waals surface area contributed by atoms with Gasteiger partial charge >= 0.3 is 6.09 Å². The molecular weight excluding hydrogens is 360 g/mol. The number of nitrogens with one attached hydrogen (secondary N) is 1. The van der Waals surface area contributed by atoms with Crippen LogP contribution in [0.1, 0.15) is 20.8 Å². The lowest BCUT2D eigenvalue weighted by Gasteiger charge is -2.34. The predicted octanol–water partition coefficient (Wildman–Crippen LogP) is 2.68. The predicted molar refractivity (Wildman–Crippen MR) is 106 cm³/mol. The van der Waals surface area contributed by atoms with Crippen molar-refractivity contribution < 1.29 is 14.3 Å². The van der Waals surface area contributed by atoms with Crippen molar-refractivity contribution >= 4 is 23.5 Å². The van der Waals surface area contributed by atoms with Crippen LogP contribution in [0.15, 0.2) is 30.5 Å². The molecule has 28 heavy (non-hydrogen) atoms. The van der Waals surface area contributed by atoms with Gasteiger partial charge in [-0.25, -0.2) is 4.79 Å². The highest BCUT2D eigenvalue weighted by molar-refractivity contribution is 5.68. The molecule has 1 fully saturated rings. The van der Waals surface area contributed by atoms with Crippen LogP contribution in [0.2, 0.25) is 0 Å². The molecule has 0 atom stereocenters. The zero-order valence-corrected chi connectivity index (χ0v) is 16.5. The summed E-state index contributed by atoms with van der Waals surface area (Å²) in [6.45, 7) is 8.61. The first kappa shape index (κ1) is 19.7.